The summed E-state index contributed by atoms with van der Waals surface area (Å²) < 4.78 is 0. The molecule has 2 aromatic carbocycles. The van der Waals surface area contributed by atoms with Crippen LogP contribution >= 0.6 is 23.4 Å². The van der Waals surface area contributed by atoms with Crippen molar-refractivity contribution in [2.45, 2.75) is 18.7 Å². The van der Waals surface area contributed by atoms with Gasteiger partial charge in [0.2, 0.25) is 5.91 Å². The summed E-state index contributed by atoms with van der Waals surface area (Å²) in [7, 11) is 0. The summed E-state index contributed by atoms with van der Waals surface area (Å²) >= 11 is 7.44. The third kappa shape index (κ3) is 4.27. The van der Waals surface area contributed by atoms with Gasteiger partial charge in [-0.05, 0) is 43.7 Å². The summed E-state index contributed by atoms with van der Waals surface area (Å²) in [6, 6.07) is 13.0. The molecule has 0 heterocycles. The first-order chi connectivity index (χ1) is 10.5. The Hall–Kier alpha value is -1.96. The second-order valence-electron chi connectivity index (χ2n) is 4.91. The molecule has 2 rings (SSSR count). The molecule has 0 unspecified atom stereocenters. The molecule has 0 aliphatic carbocycles. The van der Waals surface area contributed by atoms with Gasteiger partial charge in [0, 0.05) is 10.6 Å². The normalized spacial score (nSPS) is 10.1. The molecule has 22 heavy (non-hydrogen) atoms. The van der Waals surface area contributed by atoms with Crippen LogP contribution in [0.1, 0.15) is 16.7 Å². The van der Waals surface area contributed by atoms with Gasteiger partial charge in [-0.2, -0.15) is 5.26 Å². The van der Waals surface area contributed by atoms with E-state index in [1.165, 1.54) is 22.9 Å². The minimum atomic E-state index is -0.106. The van der Waals surface area contributed by atoms with E-state index in [0.717, 1.165) is 4.90 Å². The van der Waals surface area contributed by atoms with Gasteiger partial charge >= 0.3 is 0 Å². The Kier molecular flexibility index (Phi) is 5.48. The van der Waals surface area contributed by atoms with Gasteiger partial charge in [-0.15, -0.1) is 11.8 Å². The Morgan fingerprint density at radius 3 is 2.68 bits per heavy atom. The van der Waals surface area contributed by atoms with E-state index in [-0.39, 0.29) is 5.91 Å². The van der Waals surface area contributed by atoms with Gasteiger partial charge in [0.05, 0.1) is 16.3 Å². The van der Waals surface area contributed by atoms with Gasteiger partial charge in [-0.25, -0.2) is 0 Å². The smallest absolute Gasteiger partial charge is 0.234 e. The molecular formula is C17H15ClN2OS. The van der Waals surface area contributed by atoms with Crippen molar-refractivity contribution in [3.63, 3.8) is 0 Å². The fraction of sp³-hybridized carbons (Fsp3) is 0.176. The molecule has 0 saturated heterocycles. The van der Waals surface area contributed by atoms with Crippen LogP contribution in [0.2, 0.25) is 5.02 Å². The van der Waals surface area contributed by atoms with Gasteiger partial charge in [0.1, 0.15) is 6.07 Å². The second-order valence-corrected chi connectivity index (χ2v) is 6.34. The molecule has 1 N–H and O–H groups in total. The third-order valence-electron chi connectivity index (χ3n) is 3.06. The number of benzene rings is 2. The molecule has 0 bridgehead atoms. The number of amides is 1. The first kappa shape index (κ1) is 16.4. The predicted octanol–water partition coefficient (Wildman–Crippen LogP) is 4.56. The quantitative estimate of drug-likeness (QED) is 0.836. The SMILES string of the molecule is Cc1ccc(SCC(=O)Nc2ccc(C#N)c(Cl)c2)c(C)c1. The van der Waals surface area contributed by atoms with Crippen molar-refractivity contribution in [2.75, 3.05) is 11.1 Å². The maximum Gasteiger partial charge on any atom is 0.234 e. The summed E-state index contributed by atoms with van der Waals surface area (Å²) in [6.45, 7) is 4.08. The Bertz CT molecular complexity index is 753. The van der Waals surface area contributed by atoms with Crippen LogP contribution in [0.4, 0.5) is 5.69 Å². The number of aryl methyl sites for hydroxylation is 2. The first-order valence-electron chi connectivity index (χ1n) is 6.69. The molecular weight excluding hydrogens is 316 g/mol. The van der Waals surface area contributed by atoms with Crippen LogP contribution in [0.3, 0.4) is 0 Å². The van der Waals surface area contributed by atoms with Crippen molar-refractivity contribution in [3.05, 3.63) is 58.1 Å². The highest BCUT2D eigenvalue weighted by molar-refractivity contribution is 8.00. The van der Waals surface area contributed by atoms with E-state index in [1.54, 1.807) is 18.2 Å². The van der Waals surface area contributed by atoms with Gasteiger partial charge < -0.3 is 5.32 Å². The minimum Gasteiger partial charge on any atom is -0.325 e. The second kappa shape index (κ2) is 7.35. The van der Waals surface area contributed by atoms with Crippen LogP contribution in [-0.4, -0.2) is 11.7 Å². The van der Waals surface area contributed by atoms with E-state index < -0.39 is 0 Å². The van der Waals surface area contributed by atoms with Crippen molar-refractivity contribution in [3.8, 4) is 6.07 Å². The van der Waals surface area contributed by atoms with Crippen LogP contribution in [0, 0.1) is 25.2 Å². The molecule has 3 nitrogen and oxygen atoms in total. The Morgan fingerprint density at radius 1 is 1.27 bits per heavy atom. The summed E-state index contributed by atoms with van der Waals surface area (Å²) in [5.41, 5.74) is 3.36. The number of anilines is 1. The van der Waals surface area contributed by atoms with E-state index in [2.05, 4.69) is 11.4 Å². The van der Waals surface area contributed by atoms with Crippen molar-refractivity contribution in [2.24, 2.45) is 0 Å². The fourth-order valence-electron chi connectivity index (χ4n) is 1.99. The van der Waals surface area contributed by atoms with E-state index in [4.69, 9.17) is 16.9 Å². The topological polar surface area (TPSA) is 52.9 Å². The standard InChI is InChI=1S/C17H15ClN2OS/c1-11-3-6-16(12(2)7-11)22-10-17(21)20-14-5-4-13(9-19)15(18)8-14/h3-8H,10H2,1-2H3,(H,20,21). The molecule has 1 amide bonds. The van der Waals surface area contributed by atoms with Crippen LogP contribution in [0.25, 0.3) is 0 Å². The van der Waals surface area contributed by atoms with Gasteiger partial charge in [-0.1, -0.05) is 29.3 Å². The third-order valence-corrected chi connectivity index (χ3v) is 4.55. The number of nitrogens with zero attached hydrogens (tertiary/aromatic N) is 1. The highest BCUT2D eigenvalue weighted by Crippen LogP contribution is 2.24. The van der Waals surface area contributed by atoms with E-state index in [1.807, 2.05) is 32.0 Å². The van der Waals surface area contributed by atoms with Crippen LogP contribution < -0.4 is 5.32 Å². The first-order valence-corrected chi connectivity index (χ1v) is 8.05. The molecule has 0 aromatic heterocycles. The Morgan fingerprint density at radius 2 is 2.05 bits per heavy atom. The number of nitriles is 1. The molecule has 0 atom stereocenters. The highest BCUT2D eigenvalue weighted by Gasteiger charge is 2.07. The Labute approximate surface area is 139 Å². The van der Waals surface area contributed by atoms with E-state index >= 15 is 0 Å². The van der Waals surface area contributed by atoms with E-state index in [0.29, 0.717) is 22.0 Å². The molecule has 0 aliphatic rings. The molecule has 0 spiro atoms. The largest absolute Gasteiger partial charge is 0.325 e. The minimum absolute atomic E-state index is 0.106. The lowest BCUT2D eigenvalue weighted by molar-refractivity contribution is -0.113. The summed E-state index contributed by atoms with van der Waals surface area (Å²) in [5.74, 6) is 0.215. The number of hydrogen-bond donors (Lipinski definition) is 1. The number of halogens is 1. The molecule has 0 radical (unpaired) electrons. The maximum absolute atomic E-state index is 12.0. The average Bonchev–Trinajstić information content (AvgIpc) is 2.46. The lowest BCUT2D eigenvalue weighted by Crippen LogP contribution is -2.14. The number of rotatable bonds is 4. The van der Waals surface area contributed by atoms with Gasteiger partial charge in [0.25, 0.3) is 0 Å². The van der Waals surface area contributed by atoms with Crippen molar-refractivity contribution < 1.29 is 4.79 Å². The van der Waals surface area contributed by atoms with Crippen LogP contribution in [0.15, 0.2) is 41.3 Å². The number of thioether (sulfide) groups is 1. The van der Waals surface area contributed by atoms with Crippen LogP contribution in [-0.2, 0) is 4.79 Å². The zero-order valence-electron chi connectivity index (χ0n) is 12.3. The zero-order valence-corrected chi connectivity index (χ0v) is 13.9. The number of carbonyl (C=O) groups excluding carboxylic acids is 1. The Balaban J connectivity index is 1.96. The maximum atomic E-state index is 12.0. The predicted molar refractivity (Wildman–Crippen MR) is 91.4 cm³/mol. The summed E-state index contributed by atoms with van der Waals surface area (Å²) in [6.07, 6.45) is 0. The molecule has 112 valence electrons. The van der Waals surface area contributed by atoms with Crippen LogP contribution in [0.5, 0.6) is 0 Å². The summed E-state index contributed by atoms with van der Waals surface area (Å²) in [5, 5.41) is 11.9. The average molecular weight is 331 g/mol. The van der Waals surface area contributed by atoms with E-state index in [9.17, 15) is 4.79 Å². The monoisotopic (exact) mass is 330 g/mol. The number of hydrogen-bond acceptors (Lipinski definition) is 3. The molecule has 0 saturated carbocycles. The fourth-order valence-corrected chi connectivity index (χ4v) is 3.02. The van der Waals surface area contributed by atoms with Gasteiger partial charge in [-0.3, -0.25) is 4.79 Å². The molecule has 5 heteroatoms. The van der Waals surface area contributed by atoms with Crippen molar-refractivity contribution in [1.29, 1.82) is 5.26 Å². The summed E-state index contributed by atoms with van der Waals surface area (Å²) in [4.78, 5) is 13.1. The number of carbonyl (C=O) groups is 1. The molecule has 0 aliphatic heterocycles. The van der Waals surface area contributed by atoms with Crippen molar-refractivity contribution in [1.82, 2.24) is 0 Å². The number of nitrogens with one attached hydrogen (secondary N) is 1. The highest BCUT2D eigenvalue weighted by atomic mass is 35.5. The lowest BCUT2D eigenvalue weighted by Gasteiger charge is -2.08. The van der Waals surface area contributed by atoms with Crippen molar-refractivity contribution >= 4 is 35.0 Å². The molecule has 2 aromatic rings. The molecule has 0 fully saturated rings. The lowest BCUT2D eigenvalue weighted by atomic mass is 10.2. The van der Waals surface area contributed by atoms with Gasteiger partial charge in [0.15, 0.2) is 0 Å². The zero-order chi connectivity index (χ0) is 16.1.